The molecule has 2 fully saturated rings. The Morgan fingerprint density at radius 3 is 2.71 bits per heavy atom. The molecule has 2 aromatic rings. The monoisotopic (exact) mass is 383 g/mol. The van der Waals surface area contributed by atoms with Crippen molar-refractivity contribution < 1.29 is 18.8 Å². The van der Waals surface area contributed by atoms with Crippen molar-refractivity contribution in [2.45, 2.75) is 57.3 Å². The van der Waals surface area contributed by atoms with Gasteiger partial charge in [0.25, 0.3) is 5.91 Å². The summed E-state index contributed by atoms with van der Waals surface area (Å²) in [4.78, 5) is 27.2. The zero-order valence-corrected chi connectivity index (χ0v) is 16.1. The van der Waals surface area contributed by atoms with Crippen LogP contribution in [0.3, 0.4) is 0 Å². The van der Waals surface area contributed by atoms with Crippen LogP contribution in [-0.4, -0.2) is 40.6 Å². The molecule has 2 amide bonds. The summed E-state index contributed by atoms with van der Waals surface area (Å²) in [5.41, 5.74) is 1.57. The van der Waals surface area contributed by atoms with Crippen LogP contribution in [0.4, 0.5) is 0 Å². The van der Waals surface area contributed by atoms with Crippen LogP contribution in [-0.2, 0) is 20.9 Å². The maximum absolute atomic E-state index is 13.0. The van der Waals surface area contributed by atoms with Crippen LogP contribution in [0.2, 0.25) is 0 Å². The number of nitrogens with one attached hydrogen (secondary N) is 1. The molecule has 1 saturated heterocycles. The number of nitrogens with zero attached hydrogens (tertiary/aromatic N) is 2. The number of hydrogen-bond acceptors (Lipinski definition) is 5. The highest BCUT2D eigenvalue weighted by atomic mass is 16.5. The van der Waals surface area contributed by atoms with Crippen molar-refractivity contribution in [3.05, 3.63) is 53.4 Å². The third-order valence-corrected chi connectivity index (χ3v) is 5.22. The molecule has 7 heteroatoms. The smallest absolute Gasteiger partial charge is 0.252 e. The molecule has 1 saturated carbocycles. The SMILES string of the molecule is CC(C)N1C(=O)CO[C@H](C(=O)NCc2cc(C3CC3)on2)[C@H]1c1ccccc1. The zero-order chi connectivity index (χ0) is 19.7. The van der Waals surface area contributed by atoms with E-state index in [0.29, 0.717) is 11.6 Å². The van der Waals surface area contributed by atoms with Crippen LogP contribution in [0.5, 0.6) is 0 Å². The predicted molar refractivity (Wildman–Crippen MR) is 101 cm³/mol. The summed E-state index contributed by atoms with van der Waals surface area (Å²) in [7, 11) is 0. The van der Waals surface area contributed by atoms with Gasteiger partial charge in [0.2, 0.25) is 5.91 Å². The molecular weight excluding hydrogens is 358 g/mol. The third-order valence-electron chi connectivity index (χ3n) is 5.22. The van der Waals surface area contributed by atoms with Gasteiger partial charge in [-0.25, -0.2) is 0 Å². The molecular formula is C21H25N3O4. The number of hydrogen-bond donors (Lipinski definition) is 1. The van der Waals surface area contributed by atoms with E-state index in [4.69, 9.17) is 9.26 Å². The van der Waals surface area contributed by atoms with E-state index in [-0.39, 0.29) is 31.0 Å². The maximum Gasteiger partial charge on any atom is 0.252 e. The van der Waals surface area contributed by atoms with Crippen LogP contribution < -0.4 is 5.32 Å². The molecule has 1 aliphatic carbocycles. The second-order valence-corrected chi connectivity index (χ2v) is 7.69. The van der Waals surface area contributed by atoms with Crippen LogP contribution in [0.15, 0.2) is 40.9 Å². The maximum atomic E-state index is 13.0. The lowest BCUT2D eigenvalue weighted by Gasteiger charge is -2.42. The van der Waals surface area contributed by atoms with Gasteiger partial charge in [-0.2, -0.15) is 0 Å². The van der Waals surface area contributed by atoms with Crippen molar-refractivity contribution in [2.75, 3.05) is 6.61 Å². The van der Waals surface area contributed by atoms with Crippen molar-refractivity contribution in [2.24, 2.45) is 0 Å². The highest BCUT2D eigenvalue weighted by Gasteiger charge is 2.42. The number of rotatable bonds is 6. The van der Waals surface area contributed by atoms with E-state index >= 15 is 0 Å². The molecule has 0 unspecified atom stereocenters. The molecule has 148 valence electrons. The minimum absolute atomic E-state index is 0.0476. The minimum Gasteiger partial charge on any atom is -0.361 e. The molecule has 1 N–H and O–H groups in total. The quantitative estimate of drug-likeness (QED) is 0.829. The summed E-state index contributed by atoms with van der Waals surface area (Å²) in [6, 6.07) is 10.9. The van der Waals surface area contributed by atoms with E-state index in [9.17, 15) is 9.59 Å². The molecule has 7 nitrogen and oxygen atoms in total. The Labute approximate surface area is 164 Å². The zero-order valence-electron chi connectivity index (χ0n) is 16.1. The molecule has 1 aromatic carbocycles. The summed E-state index contributed by atoms with van der Waals surface area (Å²) in [6.45, 7) is 4.06. The number of aromatic nitrogens is 1. The first-order valence-electron chi connectivity index (χ1n) is 9.75. The van der Waals surface area contributed by atoms with Gasteiger partial charge in [-0.1, -0.05) is 35.5 Å². The van der Waals surface area contributed by atoms with Gasteiger partial charge < -0.3 is 19.5 Å². The van der Waals surface area contributed by atoms with Crippen LogP contribution in [0, 0.1) is 0 Å². The summed E-state index contributed by atoms with van der Waals surface area (Å²) in [6.07, 6.45) is 1.49. The molecule has 4 rings (SSSR count). The highest BCUT2D eigenvalue weighted by Crippen LogP contribution is 2.40. The first kappa shape index (κ1) is 18.7. The van der Waals surface area contributed by atoms with E-state index in [1.54, 1.807) is 4.90 Å². The lowest BCUT2D eigenvalue weighted by atomic mass is 9.96. The molecule has 2 atom stereocenters. The van der Waals surface area contributed by atoms with Gasteiger partial charge in [0, 0.05) is 18.0 Å². The Bertz CT molecular complexity index is 844. The topological polar surface area (TPSA) is 84.7 Å². The molecule has 2 heterocycles. The average molecular weight is 383 g/mol. The van der Waals surface area contributed by atoms with Crippen LogP contribution in [0.25, 0.3) is 0 Å². The number of ether oxygens (including phenoxy) is 1. The van der Waals surface area contributed by atoms with E-state index in [2.05, 4.69) is 10.5 Å². The van der Waals surface area contributed by atoms with Crippen molar-refractivity contribution in [3.8, 4) is 0 Å². The number of morpholine rings is 1. The number of benzene rings is 1. The summed E-state index contributed by atoms with van der Waals surface area (Å²) >= 11 is 0. The largest absolute Gasteiger partial charge is 0.361 e. The predicted octanol–water partition coefficient (Wildman–Crippen LogP) is 2.55. The Morgan fingerprint density at radius 1 is 1.29 bits per heavy atom. The Balaban J connectivity index is 1.51. The van der Waals surface area contributed by atoms with Gasteiger partial charge in [0.1, 0.15) is 18.1 Å². The molecule has 1 aliphatic heterocycles. The van der Waals surface area contributed by atoms with Crippen molar-refractivity contribution in [3.63, 3.8) is 0 Å². The van der Waals surface area contributed by atoms with Crippen molar-refractivity contribution in [1.29, 1.82) is 0 Å². The number of carbonyl (C=O) groups excluding carboxylic acids is 2. The van der Waals surface area contributed by atoms with Gasteiger partial charge in [0.05, 0.1) is 12.6 Å². The average Bonchev–Trinajstić information content (AvgIpc) is 3.44. The first-order chi connectivity index (χ1) is 13.5. The molecule has 1 aromatic heterocycles. The Kier molecular flexibility index (Phi) is 5.17. The standard InChI is InChI=1S/C21H25N3O4/c1-13(2)24-18(25)12-27-20(19(24)15-6-4-3-5-7-15)21(26)22-11-16-10-17(28-23-16)14-8-9-14/h3-7,10,13-14,19-20H,8-9,11-12H2,1-2H3,(H,22,26)/t19-,20+/m1/s1. The minimum atomic E-state index is -0.780. The van der Waals surface area contributed by atoms with Crippen molar-refractivity contribution >= 4 is 11.8 Å². The Morgan fingerprint density at radius 2 is 2.04 bits per heavy atom. The molecule has 0 radical (unpaired) electrons. The fraction of sp³-hybridized carbons (Fsp3) is 0.476. The fourth-order valence-corrected chi connectivity index (χ4v) is 3.69. The highest BCUT2D eigenvalue weighted by molar-refractivity contribution is 5.86. The van der Waals surface area contributed by atoms with E-state index in [0.717, 1.165) is 24.2 Å². The second-order valence-electron chi connectivity index (χ2n) is 7.69. The van der Waals surface area contributed by atoms with E-state index < -0.39 is 12.1 Å². The van der Waals surface area contributed by atoms with Gasteiger partial charge in [0.15, 0.2) is 6.10 Å². The van der Waals surface area contributed by atoms with Crippen LogP contribution >= 0.6 is 0 Å². The van der Waals surface area contributed by atoms with Gasteiger partial charge in [-0.05, 0) is 32.3 Å². The number of carbonyl (C=O) groups is 2. The summed E-state index contributed by atoms with van der Waals surface area (Å²) < 4.78 is 11.0. The van der Waals surface area contributed by atoms with E-state index in [1.165, 1.54) is 0 Å². The lowest BCUT2D eigenvalue weighted by Crippen LogP contribution is -2.56. The van der Waals surface area contributed by atoms with E-state index in [1.807, 2.05) is 50.2 Å². The fourth-order valence-electron chi connectivity index (χ4n) is 3.69. The van der Waals surface area contributed by atoms with Gasteiger partial charge >= 0.3 is 0 Å². The molecule has 0 spiro atoms. The summed E-state index contributed by atoms with van der Waals surface area (Å²) in [5.74, 6) is 0.991. The summed E-state index contributed by atoms with van der Waals surface area (Å²) in [5, 5.41) is 6.92. The normalized spacial score (nSPS) is 22.5. The van der Waals surface area contributed by atoms with Gasteiger partial charge in [-0.3, -0.25) is 9.59 Å². The lowest BCUT2D eigenvalue weighted by molar-refractivity contribution is -0.167. The number of amides is 2. The molecule has 28 heavy (non-hydrogen) atoms. The second kappa shape index (κ2) is 7.75. The molecule has 2 aliphatic rings. The Hall–Kier alpha value is -2.67. The molecule has 0 bridgehead atoms. The van der Waals surface area contributed by atoms with Crippen molar-refractivity contribution in [1.82, 2.24) is 15.4 Å². The van der Waals surface area contributed by atoms with Crippen LogP contribution in [0.1, 0.15) is 55.7 Å². The van der Waals surface area contributed by atoms with Gasteiger partial charge in [-0.15, -0.1) is 0 Å². The first-order valence-corrected chi connectivity index (χ1v) is 9.75. The third kappa shape index (κ3) is 3.80.